The zero-order valence-corrected chi connectivity index (χ0v) is 14.6. The van der Waals surface area contributed by atoms with Gasteiger partial charge >= 0.3 is 0 Å². The van der Waals surface area contributed by atoms with Crippen molar-refractivity contribution < 1.29 is 14.0 Å². The molecule has 1 aromatic heterocycles. The van der Waals surface area contributed by atoms with Crippen molar-refractivity contribution in [2.45, 2.75) is 38.1 Å². The van der Waals surface area contributed by atoms with Crippen LogP contribution in [0.1, 0.15) is 36.6 Å². The Hall–Kier alpha value is -2.70. The van der Waals surface area contributed by atoms with Gasteiger partial charge in [-0.3, -0.25) is 9.59 Å². The Balaban J connectivity index is 1.51. The van der Waals surface area contributed by atoms with Crippen molar-refractivity contribution in [3.05, 3.63) is 53.9 Å². The van der Waals surface area contributed by atoms with Crippen LogP contribution in [-0.2, 0) is 22.6 Å². The van der Waals surface area contributed by atoms with Crippen molar-refractivity contribution in [1.29, 1.82) is 0 Å². The fraction of sp³-hybridized carbons (Fsp3) is 0.421. The predicted octanol–water partition coefficient (Wildman–Crippen LogP) is 1.85. The molecule has 0 bridgehead atoms. The fourth-order valence-electron chi connectivity index (χ4n) is 3.47. The molecule has 2 aromatic rings. The molecule has 1 fully saturated rings. The first-order chi connectivity index (χ1) is 12.5. The van der Waals surface area contributed by atoms with Crippen LogP contribution >= 0.6 is 0 Å². The molecule has 3 rings (SSSR count). The molecule has 0 radical (unpaired) electrons. The SMILES string of the molecule is NC(=O)Cn1ccnc1C1CCN(C(=O)CCc2cccc(F)c2)CC1. The lowest BCUT2D eigenvalue weighted by atomic mass is 9.95. The van der Waals surface area contributed by atoms with Gasteiger partial charge in [0.2, 0.25) is 11.8 Å². The minimum atomic E-state index is -0.394. The quantitative estimate of drug-likeness (QED) is 0.856. The van der Waals surface area contributed by atoms with E-state index in [4.69, 9.17) is 5.73 Å². The number of halogens is 1. The van der Waals surface area contributed by atoms with E-state index in [0.29, 0.717) is 25.9 Å². The minimum absolute atomic E-state index is 0.0909. The van der Waals surface area contributed by atoms with Crippen molar-refractivity contribution >= 4 is 11.8 Å². The summed E-state index contributed by atoms with van der Waals surface area (Å²) in [6.07, 6.45) is 5.97. The molecule has 0 saturated carbocycles. The van der Waals surface area contributed by atoms with Gasteiger partial charge in [-0.15, -0.1) is 0 Å². The summed E-state index contributed by atoms with van der Waals surface area (Å²) < 4.78 is 15.0. The number of carbonyl (C=O) groups is 2. The lowest BCUT2D eigenvalue weighted by molar-refractivity contribution is -0.132. The summed E-state index contributed by atoms with van der Waals surface area (Å²) in [6, 6.07) is 6.37. The number of hydrogen-bond donors (Lipinski definition) is 1. The normalized spacial score (nSPS) is 15.2. The van der Waals surface area contributed by atoms with Crippen LogP contribution in [0, 0.1) is 5.82 Å². The molecule has 0 spiro atoms. The van der Waals surface area contributed by atoms with E-state index in [1.807, 2.05) is 11.0 Å². The lowest BCUT2D eigenvalue weighted by Crippen LogP contribution is -2.38. The fourth-order valence-corrected chi connectivity index (χ4v) is 3.47. The van der Waals surface area contributed by atoms with Gasteiger partial charge < -0.3 is 15.2 Å². The molecule has 2 heterocycles. The molecule has 138 valence electrons. The van der Waals surface area contributed by atoms with Gasteiger partial charge in [0.15, 0.2) is 0 Å². The lowest BCUT2D eigenvalue weighted by Gasteiger charge is -2.32. The number of aryl methyl sites for hydroxylation is 1. The van der Waals surface area contributed by atoms with Gasteiger partial charge in [-0.25, -0.2) is 9.37 Å². The van der Waals surface area contributed by atoms with Gasteiger partial charge in [0, 0.05) is 37.8 Å². The van der Waals surface area contributed by atoms with Crippen LogP contribution in [0.4, 0.5) is 4.39 Å². The molecule has 1 aliphatic heterocycles. The number of imidazole rings is 1. The Morgan fingerprint density at radius 2 is 2.04 bits per heavy atom. The summed E-state index contributed by atoms with van der Waals surface area (Å²) in [5, 5.41) is 0. The highest BCUT2D eigenvalue weighted by Gasteiger charge is 2.26. The van der Waals surface area contributed by atoms with E-state index in [1.54, 1.807) is 23.0 Å². The van der Waals surface area contributed by atoms with Crippen LogP contribution in [0.5, 0.6) is 0 Å². The van der Waals surface area contributed by atoms with Gasteiger partial charge in [-0.1, -0.05) is 12.1 Å². The average molecular weight is 358 g/mol. The smallest absolute Gasteiger partial charge is 0.237 e. The topological polar surface area (TPSA) is 81.2 Å². The van der Waals surface area contributed by atoms with Crippen molar-refractivity contribution in [2.75, 3.05) is 13.1 Å². The number of piperidine rings is 1. The van der Waals surface area contributed by atoms with Gasteiger partial charge in [0.05, 0.1) is 0 Å². The first-order valence-corrected chi connectivity index (χ1v) is 8.84. The highest BCUT2D eigenvalue weighted by molar-refractivity contribution is 5.76. The van der Waals surface area contributed by atoms with Gasteiger partial charge in [-0.05, 0) is 37.0 Å². The summed E-state index contributed by atoms with van der Waals surface area (Å²) in [6.45, 7) is 1.45. The van der Waals surface area contributed by atoms with Crippen molar-refractivity contribution in [3.63, 3.8) is 0 Å². The molecule has 0 atom stereocenters. The predicted molar refractivity (Wildman–Crippen MR) is 94.7 cm³/mol. The largest absolute Gasteiger partial charge is 0.368 e. The summed E-state index contributed by atoms with van der Waals surface area (Å²) >= 11 is 0. The zero-order valence-electron chi connectivity index (χ0n) is 14.6. The number of carbonyl (C=O) groups excluding carboxylic acids is 2. The molecule has 2 N–H and O–H groups in total. The maximum atomic E-state index is 13.2. The molecule has 1 saturated heterocycles. The molecular weight excluding hydrogens is 335 g/mol. The molecule has 6 nitrogen and oxygen atoms in total. The number of amides is 2. The Morgan fingerprint density at radius 3 is 2.73 bits per heavy atom. The van der Waals surface area contributed by atoms with Crippen LogP contribution < -0.4 is 5.73 Å². The standard InChI is InChI=1S/C19H23FN4O2/c20-16-3-1-2-14(12-16)4-5-18(26)23-9-6-15(7-10-23)19-22-8-11-24(19)13-17(21)25/h1-3,8,11-12,15H,4-7,9-10,13H2,(H2,21,25). The van der Waals surface area contributed by atoms with Crippen molar-refractivity contribution in [3.8, 4) is 0 Å². The van der Waals surface area contributed by atoms with E-state index in [-0.39, 0.29) is 24.2 Å². The van der Waals surface area contributed by atoms with Crippen LogP contribution in [0.2, 0.25) is 0 Å². The maximum Gasteiger partial charge on any atom is 0.237 e. The highest BCUT2D eigenvalue weighted by Crippen LogP contribution is 2.27. The Morgan fingerprint density at radius 1 is 1.27 bits per heavy atom. The van der Waals surface area contributed by atoms with E-state index in [9.17, 15) is 14.0 Å². The van der Waals surface area contributed by atoms with E-state index in [1.165, 1.54) is 12.1 Å². The number of benzene rings is 1. The Bertz CT molecular complexity index is 781. The first kappa shape index (κ1) is 18.1. The van der Waals surface area contributed by atoms with Crippen molar-refractivity contribution in [2.24, 2.45) is 5.73 Å². The highest BCUT2D eigenvalue weighted by atomic mass is 19.1. The minimum Gasteiger partial charge on any atom is -0.368 e. The van der Waals surface area contributed by atoms with E-state index in [2.05, 4.69) is 4.98 Å². The summed E-state index contributed by atoms with van der Waals surface area (Å²) in [4.78, 5) is 29.8. The van der Waals surface area contributed by atoms with Crippen LogP contribution in [-0.4, -0.2) is 39.4 Å². The molecular formula is C19H23FN4O2. The number of hydrogen-bond acceptors (Lipinski definition) is 3. The second kappa shape index (κ2) is 8.12. The number of rotatable bonds is 6. The zero-order chi connectivity index (χ0) is 18.5. The third-order valence-electron chi connectivity index (χ3n) is 4.80. The van der Waals surface area contributed by atoms with Gasteiger partial charge in [-0.2, -0.15) is 0 Å². The summed E-state index contributed by atoms with van der Waals surface area (Å²) in [7, 11) is 0. The number of nitrogens with two attached hydrogens (primary N) is 1. The van der Waals surface area contributed by atoms with E-state index in [0.717, 1.165) is 24.2 Å². The Kier molecular flexibility index (Phi) is 5.65. The molecule has 26 heavy (non-hydrogen) atoms. The van der Waals surface area contributed by atoms with Gasteiger partial charge in [0.1, 0.15) is 18.2 Å². The molecule has 0 unspecified atom stereocenters. The third kappa shape index (κ3) is 4.47. The number of nitrogens with zero attached hydrogens (tertiary/aromatic N) is 3. The monoisotopic (exact) mass is 358 g/mol. The number of likely N-dealkylation sites (tertiary alicyclic amines) is 1. The van der Waals surface area contributed by atoms with Crippen LogP contribution in [0.25, 0.3) is 0 Å². The molecule has 7 heteroatoms. The van der Waals surface area contributed by atoms with E-state index < -0.39 is 5.91 Å². The van der Waals surface area contributed by atoms with Crippen LogP contribution in [0.3, 0.4) is 0 Å². The average Bonchev–Trinajstić information content (AvgIpc) is 3.07. The summed E-state index contributed by atoms with van der Waals surface area (Å²) in [5.41, 5.74) is 6.11. The summed E-state index contributed by atoms with van der Waals surface area (Å²) in [5.74, 6) is 0.497. The maximum absolute atomic E-state index is 13.2. The second-order valence-electron chi connectivity index (χ2n) is 6.66. The third-order valence-corrected chi connectivity index (χ3v) is 4.80. The van der Waals surface area contributed by atoms with Gasteiger partial charge in [0.25, 0.3) is 0 Å². The first-order valence-electron chi connectivity index (χ1n) is 8.84. The van der Waals surface area contributed by atoms with E-state index >= 15 is 0 Å². The van der Waals surface area contributed by atoms with Crippen molar-refractivity contribution in [1.82, 2.24) is 14.5 Å². The molecule has 1 aromatic carbocycles. The molecule has 2 amide bonds. The molecule has 1 aliphatic rings. The van der Waals surface area contributed by atoms with Crippen LogP contribution in [0.15, 0.2) is 36.7 Å². The molecule has 0 aliphatic carbocycles. The second-order valence-corrected chi connectivity index (χ2v) is 6.66. The number of primary amides is 1. The number of aromatic nitrogens is 2. The Labute approximate surface area is 151 Å².